The maximum Gasteiger partial charge on any atom is 0.0995 e. The summed E-state index contributed by atoms with van der Waals surface area (Å²) in [6.07, 6.45) is 2.51. The van der Waals surface area contributed by atoms with Crippen LogP contribution < -0.4 is 5.73 Å². The lowest BCUT2D eigenvalue weighted by Gasteiger charge is -2.39. The van der Waals surface area contributed by atoms with Gasteiger partial charge in [-0.15, -0.1) is 0 Å². The molecule has 1 unspecified atom stereocenters. The Balaban J connectivity index is 1.96. The van der Waals surface area contributed by atoms with E-state index in [1.54, 1.807) is 0 Å². The lowest BCUT2D eigenvalue weighted by Crippen LogP contribution is -2.41. The lowest BCUT2D eigenvalue weighted by atomic mass is 9.75. The summed E-state index contributed by atoms with van der Waals surface area (Å²) in [4.78, 5) is 2.47. The monoisotopic (exact) mass is 287 g/mol. The summed E-state index contributed by atoms with van der Waals surface area (Å²) in [7, 11) is 0. The quantitative estimate of drug-likeness (QED) is 0.658. The van der Waals surface area contributed by atoms with Gasteiger partial charge in [0, 0.05) is 6.54 Å². The molecule has 0 saturated carbocycles. The number of hydrogen-bond acceptors (Lipinski definition) is 2. The first-order valence-corrected chi connectivity index (χ1v) is 7.99. The zero-order chi connectivity index (χ0) is 15.5. The van der Waals surface area contributed by atoms with E-state index in [0.29, 0.717) is 5.41 Å². The van der Waals surface area contributed by atoms with Crippen molar-refractivity contribution in [1.82, 2.24) is 4.90 Å². The van der Waals surface area contributed by atoms with Crippen LogP contribution in [0.3, 0.4) is 0 Å². The fraction of sp³-hybridized carbons (Fsp3) is 0.611. The van der Waals surface area contributed by atoms with Crippen LogP contribution in [0.25, 0.3) is 0 Å². The average molecular weight is 287 g/mol. The number of hydrogen-bond donors (Lipinski definition) is 2. The lowest BCUT2D eigenvalue weighted by molar-refractivity contribution is 0.111. The average Bonchev–Trinajstić information content (AvgIpc) is 2.45. The predicted molar refractivity (Wildman–Crippen MR) is 89.7 cm³/mol. The zero-order valence-corrected chi connectivity index (χ0v) is 13.6. The van der Waals surface area contributed by atoms with Crippen molar-refractivity contribution < 1.29 is 0 Å². The van der Waals surface area contributed by atoms with E-state index in [1.165, 1.54) is 12.8 Å². The van der Waals surface area contributed by atoms with Crippen molar-refractivity contribution >= 4 is 5.84 Å². The smallest absolute Gasteiger partial charge is 0.0995 e. The molecule has 0 amide bonds. The van der Waals surface area contributed by atoms with Gasteiger partial charge in [0.1, 0.15) is 0 Å². The molecule has 1 atom stereocenters. The molecular weight excluding hydrogens is 258 g/mol. The molecule has 0 spiro atoms. The first kappa shape index (κ1) is 16.0. The molecule has 1 heterocycles. The fourth-order valence-electron chi connectivity index (χ4n) is 3.31. The molecule has 3 N–H and O–H groups in total. The Labute approximate surface area is 129 Å². The highest BCUT2D eigenvalue weighted by molar-refractivity contribution is 5.84. The van der Waals surface area contributed by atoms with E-state index in [9.17, 15) is 0 Å². The van der Waals surface area contributed by atoms with E-state index >= 15 is 0 Å². The van der Waals surface area contributed by atoms with E-state index in [4.69, 9.17) is 11.1 Å². The SMILES string of the molecule is CC(C)(C)C1CCN(CC(C(=N)N)c2ccccc2)CC1. The molecule has 1 saturated heterocycles. The molecule has 21 heavy (non-hydrogen) atoms. The van der Waals surface area contributed by atoms with Gasteiger partial charge in [0.15, 0.2) is 0 Å². The molecule has 0 bridgehead atoms. The van der Waals surface area contributed by atoms with Crippen LogP contribution in [0.4, 0.5) is 0 Å². The van der Waals surface area contributed by atoms with Gasteiger partial charge < -0.3 is 10.6 Å². The van der Waals surface area contributed by atoms with Crippen LogP contribution in [0, 0.1) is 16.7 Å². The molecule has 3 nitrogen and oxygen atoms in total. The minimum absolute atomic E-state index is 0.0254. The topological polar surface area (TPSA) is 53.1 Å². The number of rotatable bonds is 4. The normalized spacial score (nSPS) is 19.4. The third-order valence-electron chi connectivity index (χ3n) is 4.83. The summed E-state index contributed by atoms with van der Waals surface area (Å²) in [6.45, 7) is 10.1. The molecule has 1 fully saturated rings. The minimum atomic E-state index is 0.0254. The number of nitrogens with two attached hydrogens (primary N) is 1. The van der Waals surface area contributed by atoms with Crippen molar-refractivity contribution in [2.75, 3.05) is 19.6 Å². The fourth-order valence-corrected chi connectivity index (χ4v) is 3.31. The van der Waals surface area contributed by atoms with Gasteiger partial charge in [-0.3, -0.25) is 5.41 Å². The van der Waals surface area contributed by atoms with E-state index in [0.717, 1.165) is 31.1 Å². The summed E-state index contributed by atoms with van der Waals surface area (Å²) in [5.74, 6) is 1.11. The Kier molecular flexibility index (Phi) is 5.04. The second-order valence-corrected chi connectivity index (χ2v) is 7.36. The molecule has 116 valence electrons. The third kappa shape index (κ3) is 4.31. The molecular formula is C18H29N3. The summed E-state index contributed by atoms with van der Waals surface area (Å²) in [5, 5.41) is 7.90. The third-order valence-corrected chi connectivity index (χ3v) is 4.83. The van der Waals surface area contributed by atoms with Gasteiger partial charge in [-0.05, 0) is 42.8 Å². The minimum Gasteiger partial charge on any atom is -0.387 e. The van der Waals surface area contributed by atoms with E-state index in [2.05, 4.69) is 37.8 Å². The molecule has 0 radical (unpaired) electrons. The number of piperidine rings is 1. The van der Waals surface area contributed by atoms with Crippen molar-refractivity contribution in [1.29, 1.82) is 5.41 Å². The van der Waals surface area contributed by atoms with Gasteiger partial charge in [0.25, 0.3) is 0 Å². The van der Waals surface area contributed by atoms with Crippen LogP contribution in [0.5, 0.6) is 0 Å². The molecule has 3 heteroatoms. The Morgan fingerprint density at radius 2 is 1.81 bits per heavy atom. The van der Waals surface area contributed by atoms with Gasteiger partial charge in [-0.2, -0.15) is 0 Å². The molecule has 1 aliphatic rings. The molecule has 1 aromatic carbocycles. The van der Waals surface area contributed by atoms with Crippen LogP contribution in [-0.4, -0.2) is 30.4 Å². The number of nitrogens with zero attached hydrogens (tertiary/aromatic N) is 1. The highest BCUT2D eigenvalue weighted by Crippen LogP contribution is 2.34. The number of likely N-dealkylation sites (tertiary alicyclic amines) is 1. The first-order valence-electron chi connectivity index (χ1n) is 7.99. The standard InChI is InChI=1S/C18H29N3/c1-18(2,3)15-9-11-21(12-10-15)13-16(17(19)20)14-7-5-4-6-8-14/h4-8,15-16H,9-13H2,1-3H3,(H3,19,20). The van der Waals surface area contributed by atoms with Gasteiger partial charge in [0.05, 0.1) is 11.8 Å². The van der Waals surface area contributed by atoms with Gasteiger partial charge in [-0.1, -0.05) is 51.1 Å². The molecule has 0 aliphatic carbocycles. The van der Waals surface area contributed by atoms with Crippen molar-refractivity contribution in [3.05, 3.63) is 35.9 Å². The highest BCUT2D eigenvalue weighted by Gasteiger charge is 2.30. The van der Waals surface area contributed by atoms with Crippen molar-refractivity contribution in [2.24, 2.45) is 17.1 Å². The van der Waals surface area contributed by atoms with Crippen molar-refractivity contribution in [2.45, 2.75) is 39.5 Å². The Bertz CT molecular complexity index is 453. The van der Waals surface area contributed by atoms with E-state index in [1.807, 2.05) is 18.2 Å². The van der Waals surface area contributed by atoms with Gasteiger partial charge in [-0.25, -0.2) is 0 Å². The maximum atomic E-state index is 7.90. The molecule has 1 aliphatic heterocycles. The first-order chi connectivity index (χ1) is 9.88. The molecule has 1 aromatic rings. The molecule has 0 aromatic heterocycles. The Morgan fingerprint density at radius 1 is 1.24 bits per heavy atom. The summed E-state index contributed by atoms with van der Waals surface area (Å²) >= 11 is 0. The zero-order valence-electron chi connectivity index (χ0n) is 13.6. The van der Waals surface area contributed by atoms with E-state index in [-0.39, 0.29) is 11.8 Å². The van der Waals surface area contributed by atoms with E-state index < -0.39 is 0 Å². The van der Waals surface area contributed by atoms with Crippen molar-refractivity contribution in [3.63, 3.8) is 0 Å². The van der Waals surface area contributed by atoms with Crippen LogP contribution in [0.2, 0.25) is 0 Å². The summed E-state index contributed by atoms with van der Waals surface area (Å²) in [6, 6.07) is 10.2. The Hall–Kier alpha value is -1.35. The predicted octanol–water partition coefficient (Wildman–Crippen LogP) is 3.46. The van der Waals surface area contributed by atoms with Crippen LogP contribution in [0.15, 0.2) is 30.3 Å². The summed E-state index contributed by atoms with van der Waals surface area (Å²) < 4.78 is 0. The van der Waals surface area contributed by atoms with Gasteiger partial charge >= 0.3 is 0 Å². The second kappa shape index (κ2) is 6.61. The van der Waals surface area contributed by atoms with Gasteiger partial charge in [0.2, 0.25) is 0 Å². The van der Waals surface area contributed by atoms with Crippen LogP contribution in [0.1, 0.15) is 45.1 Å². The number of nitrogens with one attached hydrogen (secondary N) is 1. The largest absolute Gasteiger partial charge is 0.387 e. The highest BCUT2D eigenvalue weighted by atomic mass is 15.1. The summed E-state index contributed by atoms with van der Waals surface area (Å²) in [5.41, 5.74) is 7.40. The number of benzene rings is 1. The second-order valence-electron chi connectivity index (χ2n) is 7.36. The Morgan fingerprint density at radius 3 is 2.29 bits per heavy atom. The van der Waals surface area contributed by atoms with Crippen LogP contribution >= 0.6 is 0 Å². The molecule has 2 rings (SSSR count). The maximum absolute atomic E-state index is 7.90. The van der Waals surface area contributed by atoms with Crippen molar-refractivity contribution in [3.8, 4) is 0 Å². The van der Waals surface area contributed by atoms with Crippen LogP contribution in [-0.2, 0) is 0 Å². The number of amidine groups is 1.